The summed E-state index contributed by atoms with van der Waals surface area (Å²) < 4.78 is 10.6. The molecule has 0 bridgehead atoms. The molecule has 0 saturated heterocycles. The van der Waals surface area contributed by atoms with E-state index in [0.29, 0.717) is 6.54 Å². The van der Waals surface area contributed by atoms with Crippen LogP contribution in [0.15, 0.2) is 23.2 Å². The lowest BCUT2D eigenvalue weighted by molar-refractivity contribution is 0.391. The Kier molecular flexibility index (Phi) is 6.15. The monoisotopic (exact) mass is 279 g/mol. The molecule has 5 nitrogen and oxygen atoms in total. The van der Waals surface area contributed by atoms with Crippen LogP contribution < -0.4 is 9.47 Å². The van der Waals surface area contributed by atoms with E-state index in [9.17, 15) is 0 Å². The fourth-order valence-electron chi connectivity index (χ4n) is 2.02. The second-order valence-electron chi connectivity index (χ2n) is 4.90. The van der Waals surface area contributed by atoms with Crippen molar-refractivity contribution in [1.29, 1.82) is 0 Å². The zero-order valence-corrected chi connectivity index (χ0v) is 13.3. The van der Waals surface area contributed by atoms with Crippen molar-refractivity contribution in [3.05, 3.63) is 23.8 Å². The maximum atomic E-state index is 5.39. The fraction of sp³-hybridized carbons (Fsp3) is 0.533. The lowest BCUT2D eigenvalue weighted by Crippen LogP contribution is -2.35. The largest absolute Gasteiger partial charge is 0.497 e. The van der Waals surface area contributed by atoms with Gasteiger partial charge < -0.3 is 19.3 Å². The third-order valence-electron chi connectivity index (χ3n) is 2.93. The summed E-state index contributed by atoms with van der Waals surface area (Å²) in [6.07, 6.45) is 0.832. The third kappa shape index (κ3) is 4.33. The van der Waals surface area contributed by atoms with E-state index in [1.165, 1.54) is 0 Å². The number of aliphatic imine (C=N–C) groups is 1. The van der Waals surface area contributed by atoms with E-state index < -0.39 is 0 Å². The Morgan fingerprint density at radius 2 is 1.70 bits per heavy atom. The molecular weight excluding hydrogens is 254 g/mol. The van der Waals surface area contributed by atoms with Gasteiger partial charge in [-0.05, 0) is 18.1 Å². The molecule has 0 aliphatic carbocycles. The van der Waals surface area contributed by atoms with Crippen molar-refractivity contribution in [2.45, 2.75) is 6.42 Å². The summed E-state index contributed by atoms with van der Waals surface area (Å²) >= 11 is 0. The first-order valence-electron chi connectivity index (χ1n) is 6.59. The Hall–Kier alpha value is -1.91. The number of nitrogens with zero attached hydrogens (tertiary/aromatic N) is 3. The van der Waals surface area contributed by atoms with Crippen molar-refractivity contribution in [3.8, 4) is 11.5 Å². The smallest absolute Gasteiger partial charge is 0.195 e. The summed E-state index contributed by atoms with van der Waals surface area (Å²) in [5.41, 5.74) is 1.13. The van der Waals surface area contributed by atoms with Crippen LogP contribution in [0.2, 0.25) is 0 Å². The van der Waals surface area contributed by atoms with Gasteiger partial charge in [0.25, 0.3) is 0 Å². The summed E-state index contributed by atoms with van der Waals surface area (Å²) in [7, 11) is 11.3. The highest BCUT2D eigenvalue weighted by Crippen LogP contribution is 2.24. The van der Waals surface area contributed by atoms with E-state index in [1.54, 1.807) is 14.2 Å². The normalized spacial score (nSPS) is 9.90. The summed E-state index contributed by atoms with van der Waals surface area (Å²) in [6, 6.07) is 5.87. The molecule has 0 radical (unpaired) electrons. The lowest BCUT2D eigenvalue weighted by atomic mass is 10.1. The van der Waals surface area contributed by atoms with Gasteiger partial charge in [-0.1, -0.05) is 6.07 Å². The predicted octanol–water partition coefficient (Wildman–Crippen LogP) is 1.73. The van der Waals surface area contributed by atoms with Crippen LogP contribution in [-0.4, -0.2) is 64.7 Å². The van der Waals surface area contributed by atoms with Crippen LogP contribution in [0.5, 0.6) is 11.5 Å². The summed E-state index contributed by atoms with van der Waals surface area (Å²) in [5, 5.41) is 0. The lowest BCUT2D eigenvalue weighted by Gasteiger charge is -2.22. The van der Waals surface area contributed by atoms with Gasteiger partial charge in [-0.15, -0.1) is 0 Å². The van der Waals surface area contributed by atoms with Crippen molar-refractivity contribution in [2.24, 2.45) is 4.99 Å². The molecule has 112 valence electrons. The standard InChI is InChI=1S/C15H25N3O2/c1-17(2)15(18(3)4)16-10-9-12-7-8-13(19-5)11-14(12)20-6/h7-8,11H,9-10H2,1-6H3. The quantitative estimate of drug-likeness (QED) is 0.607. The zero-order valence-electron chi connectivity index (χ0n) is 13.3. The number of guanidine groups is 1. The van der Waals surface area contributed by atoms with E-state index >= 15 is 0 Å². The van der Waals surface area contributed by atoms with Gasteiger partial charge >= 0.3 is 0 Å². The van der Waals surface area contributed by atoms with Gasteiger partial charge in [0.2, 0.25) is 0 Å². The fourth-order valence-corrected chi connectivity index (χ4v) is 2.02. The number of hydrogen-bond donors (Lipinski definition) is 0. The van der Waals surface area contributed by atoms with Crippen LogP contribution in [0.3, 0.4) is 0 Å². The Morgan fingerprint density at radius 1 is 1.05 bits per heavy atom. The van der Waals surface area contributed by atoms with Gasteiger partial charge in [0, 0.05) is 40.8 Å². The van der Waals surface area contributed by atoms with Crippen molar-refractivity contribution < 1.29 is 9.47 Å². The molecule has 1 rings (SSSR count). The summed E-state index contributed by atoms with van der Waals surface area (Å²) in [6.45, 7) is 0.717. The molecule has 0 amide bonds. The first kappa shape index (κ1) is 16.1. The Bertz CT molecular complexity index is 446. The molecule has 5 heteroatoms. The highest BCUT2D eigenvalue weighted by Gasteiger charge is 2.06. The van der Waals surface area contributed by atoms with Crippen LogP contribution in [0.25, 0.3) is 0 Å². The molecule has 0 atom stereocenters. The topological polar surface area (TPSA) is 37.3 Å². The van der Waals surface area contributed by atoms with Crippen molar-refractivity contribution in [2.75, 3.05) is 49.0 Å². The van der Waals surface area contributed by atoms with Crippen molar-refractivity contribution in [1.82, 2.24) is 9.80 Å². The number of methoxy groups -OCH3 is 2. The van der Waals surface area contributed by atoms with Crippen LogP contribution in [0, 0.1) is 0 Å². The first-order chi connectivity index (χ1) is 9.49. The molecule has 0 spiro atoms. The van der Waals surface area contributed by atoms with Crippen LogP contribution in [-0.2, 0) is 6.42 Å². The molecule has 1 aromatic carbocycles. The van der Waals surface area contributed by atoms with Crippen LogP contribution in [0.1, 0.15) is 5.56 Å². The minimum Gasteiger partial charge on any atom is -0.497 e. The van der Waals surface area contributed by atoms with Gasteiger partial charge in [-0.25, -0.2) is 0 Å². The Balaban J connectivity index is 2.77. The van der Waals surface area contributed by atoms with E-state index in [-0.39, 0.29) is 0 Å². The second kappa shape index (κ2) is 7.62. The average molecular weight is 279 g/mol. The van der Waals surface area contributed by atoms with Gasteiger partial charge in [0.05, 0.1) is 14.2 Å². The molecule has 0 aliphatic rings. The van der Waals surface area contributed by atoms with E-state index in [4.69, 9.17) is 9.47 Å². The Labute approximate surface area is 121 Å². The highest BCUT2D eigenvalue weighted by atomic mass is 16.5. The number of benzene rings is 1. The molecule has 0 fully saturated rings. The third-order valence-corrected chi connectivity index (χ3v) is 2.93. The zero-order chi connectivity index (χ0) is 15.1. The van der Waals surface area contributed by atoms with Crippen molar-refractivity contribution in [3.63, 3.8) is 0 Å². The second-order valence-corrected chi connectivity index (χ2v) is 4.90. The molecule has 20 heavy (non-hydrogen) atoms. The van der Waals surface area contributed by atoms with E-state index in [0.717, 1.165) is 29.4 Å². The van der Waals surface area contributed by atoms with Gasteiger partial charge in [-0.3, -0.25) is 4.99 Å². The number of rotatable bonds is 5. The predicted molar refractivity (Wildman–Crippen MR) is 82.9 cm³/mol. The molecule has 0 unspecified atom stereocenters. The molecule has 1 aromatic rings. The minimum atomic E-state index is 0.717. The number of hydrogen-bond acceptors (Lipinski definition) is 3. The SMILES string of the molecule is COc1ccc(CCN=C(N(C)C)N(C)C)c(OC)c1. The maximum absolute atomic E-state index is 5.39. The van der Waals surface area contributed by atoms with E-state index in [1.807, 2.05) is 56.2 Å². The molecule has 0 aliphatic heterocycles. The molecule has 0 N–H and O–H groups in total. The average Bonchev–Trinajstić information content (AvgIpc) is 2.42. The van der Waals surface area contributed by atoms with Crippen LogP contribution >= 0.6 is 0 Å². The van der Waals surface area contributed by atoms with Gasteiger partial charge in [0.1, 0.15) is 11.5 Å². The van der Waals surface area contributed by atoms with Crippen molar-refractivity contribution >= 4 is 5.96 Å². The van der Waals surface area contributed by atoms with E-state index in [2.05, 4.69) is 4.99 Å². The molecule has 0 aromatic heterocycles. The maximum Gasteiger partial charge on any atom is 0.195 e. The Morgan fingerprint density at radius 3 is 2.20 bits per heavy atom. The first-order valence-corrected chi connectivity index (χ1v) is 6.59. The van der Waals surface area contributed by atoms with Gasteiger partial charge in [0.15, 0.2) is 5.96 Å². The number of ether oxygens (including phenoxy) is 2. The minimum absolute atomic E-state index is 0.717. The molecule has 0 heterocycles. The molecule has 0 saturated carbocycles. The van der Waals surface area contributed by atoms with Crippen LogP contribution in [0.4, 0.5) is 0 Å². The highest BCUT2D eigenvalue weighted by molar-refractivity contribution is 5.79. The summed E-state index contributed by atoms with van der Waals surface area (Å²) in [5.74, 6) is 2.60. The van der Waals surface area contributed by atoms with Gasteiger partial charge in [-0.2, -0.15) is 0 Å². The molecular formula is C15H25N3O2. The summed E-state index contributed by atoms with van der Waals surface area (Å²) in [4.78, 5) is 8.63.